The molecule has 2 heterocycles. The van der Waals surface area contributed by atoms with Crippen molar-refractivity contribution < 1.29 is 18.7 Å². The Morgan fingerprint density at radius 1 is 1.27 bits per heavy atom. The first kappa shape index (κ1) is 22.7. The number of carbonyl (C=O) groups is 1. The number of ether oxygens (including phenoxy) is 2. The van der Waals surface area contributed by atoms with Gasteiger partial charge in [-0.15, -0.1) is 0 Å². The third-order valence-electron chi connectivity index (χ3n) is 6.26. The van der Waals surface area contributed by atoms with Gasteiger partial charge in [0.2, 0.25) is 0 Å². The summed E-state index contributed by atoms with van der Waals surface area (Å²) in [6.45, 7) is 0.869. The molecular weight excluding hydrogens is 447 g/mol. The molecule has 1 saturated heterocycles. The first-order valence-electron chi connectivity index (χ1n) is 10.5. The molecule has 0 aromatic heterocycles. The standard InChI is InChI=1S/C24H22ClFN4O3/c1-32-20-11-21-19(10-18(20)25)30(15-28)13-22(33-21)23(31)29-8-6-24(14-27,7-9-29)12-16-2-4-17(26)5-3-16/h2-5,10-11,22H,6-9,12-13H2,1H3. The number of halogens is 2. The minimum Gasteiger partial charge on any atom is -0.495 e. The molecule has 0 bridgehead atoms. The molecule has 2 aliphatic heterocycles. The number of fused-ring (bicyclic) bond motifs is 1. The van der Waals surface area contributed by atoms with Crippen LogP contribution in [0, 0.1) is 34.0 Å². The largest absolute Gasteiger partial charge is 0.495 e. The fourth-order valence-corrected chi connectivity index (χ4v) is 4.58. The Kier molecular flexibility index (Phi) is 6.31. The van der Waals surface area contributed by atoms with Gasteiger partial charge in [-0.1, -0.05) is 23.7 Å². The van der Waals surface area contributed by atoms with Crippen LogP contribution in [-0.4, -0.2) is 43.7 Å². The predicted octanol–water partition coefficient (Wildman–Crippen LogP) is 3.91. The van der Waals surface area contributed by atoms with Crippen LogP contribution in [0.2, 0.25) is 5.02 Å². The SMILES string of the molecule is COc1cc2c(cc1Cl)N(C#N)CC(C(=O)N1CCC(C#N)(Cc3ccc(F)cc3)CC1)O2. The van der Waals surface area contributed by atoms with Crippen molar-refractivity contribution in [3.8, 4) is 23.8 Å². The van der Waals surface area contributed by atoms with Gasteiger partial charge in [-0.2, -0.15) is 10.5 Å². The molecule has 1 atom stereocenters. The Balaban J connectivity index is 1.46. The third-order valence-corrected chi connectivity index (χ3v) is 6.56. The van der Waals surface area contributed by atoms with Gasteiger partial charge in [0.05, 0.1) is 35.8 Å². The van der Waals surface area contributed by atoms with Crippen molar-refractivity contribution in [2.75, 3.05) is 31.6 Å². The maximum atomic E-state index is 13.2. The van der Waals surface area contributed by atoms with Crippen LogP contribution in [0.4, 0.5) is 10.1 Å². The van der Waals surface area contributed by atoms with Crippen LogP contribution < -0.4 is 14.4 Å². The summed E-state index contributed by atoms with van der Waals surface area (Å²) in [5, 5.41) is 19.8. The zero-order valence-corrected chi connectivity index (χ0v) is 18.8. The summed E-state index contributed by atoms with van der Waals surface area (Å²) in [6.07, 6.45) is 2.72. The molecule has 0 N–H and O–H groups in total. The minimum absolute atomic E-state index is 0.0699. The topological polar surface area (TPSA) is 89.6 Å². The third kappa shape index (κ3) is 4.53. The molecule has 2 aromatic rings. The molecule has 7 nitrogen and oxygen atoms in total. The van der Waals surface area contributed by atoms with Crippen LogP contribution >= 0.6 is 11.6 Å². The number of hydrogen-bond acceptors (Lipinski definition) is 6. The molecule has 0 spiro atoms. The van der Waals surface area contributed by atoms with Crippen molar-refractivity contribution >= 4 is 23.2 Å². The van der Waals surface area contributed by atoms with E-state index in [1.165, 1.54) is 24.1 Å². The second-order valence-electron chi connectivity index (χ2n) is 8.29. The Bertz CT molecular complexity index is 1130. The van der Waals surface area contributed by atoms with E-state index in [9.17, 15) is 19.7 Å². The maximum Gasteiger partial charge on any atom is 0.265 e. The summed E-state index contributed by atoms with van der Waals surface area (Å²) >= 11 is 6.17. The van der Waals surface area contributed by atoms with Crippen molar-refractivity contribution in [3.05, 3.63) is 52.8 Å². The van der Waals surface area contributed by atoms with Gasteiger partial charge in [0.1, 0.15) is 17.3 Å². The number of anilines is 1. The summed E-state index contributed by atoms with van der Waals surface area (Å²) in [4.78, 5) is 16.3. The second-order valence-corrected chi connectivity index (χ2v) is 8.70. The van der Waals surface area contributed by atoms with Crippen LogP contribution in [0.15, 0.2) is 36.4 Å². The van der Waals surface area contributed by atoms with Crippen molar-refractivity contribution in [2.24, 2.45) is 5.41 Å². The monoisotopic (exact) mass is 468 g/mol. The molecule has 0 radical (unpaired) electrons. The van der Waals surface area contributed by atoms with E-state index >= 15 is 0 Å². The van der Waals surface area contributed by atoms with Crippen molar-refractivity contribution in [1.29, 1.82) is 10.5 Å². The Morgan fingerprint density at radius 3 is 2.58 bits per heavy atom. The number of piperidine rings is 1. The summed E-state index contributed by atoms with van der Waals surface area (Å²) in [7, 11) is 1.47. The number of likely N-dealkylation sites (tertiary alicyclic amines) is 1. The number of hydrogen-bond donors (Lipinski definition) is 0. The number of nitrogens with zero attached hydrogens (tertiary/aromatic N) is 4. The van der Waals surface area contributed by atoms with E-state index in [4.69, 9.17) is 21.1 Å². The van der Waals surface area contributed by atoms with Crippen LogP contribution in [-0.2, 0) is 11.2 Å². The number of benzene rings is 2. The predicted molar refractivity (Wildman–Crippen MR) is 119 cm³/mol. The van der Waals surface area contributed by atoms with Crippen LogP contribution in [0.1, 0.15) is 18.4 Å². The van der Waals surface area contributed by atoms with Crippen molar-refractivity contribution in [3.63, 3.8) is 0 Å². The number of amides is 1. The lowest BCUT2D eigenvalue weighted by Crippen LogP contribution is -2.52. The summed E-state index contributed by atoms with van der Waals surface area (Å²) in [5.74, 6) is 0.190. The Labute approximate surface area is 196 Å². The van der Waals surface area contributed by atoms with Crippen LogP contribution in [0.25, 0.3) is 0 Å². The highest BCUT2D eigenvalue weighted by atomic mass is 35.5. The van der Waals surface area contributed by atoms with Gasteiger partial charge in [0, 0.05) is 19.2 Å². The zero-order valence-electron chi connectivity index (χ0n) is 18.1. The quantitative estimate of drug-likeness (QED) is 0.632. The van der Waals surface area contributed by atoms with Gasteiger partial charge in [-0.3, -0.25) is 9.69 Å². The molecule has 4 rings (SSSR count). The number of rotatable bonds is 4. The summed E-state index contributed by atoms with van der Waals surface area (Å²) < 4.78 is 24.4. The van der Waals surface area contributed by atoms with Gasteiger partial charge in [-0.05, 0) is 43.0 Å². The van der Waals surface area contributed by atoms with E-state index < -0.39 is 11.5 Å². The second kappa shape index (κ2) is 9.17. The molecule has 0 aliphatic carbocycles. The van der Waals surface area contributed by atoms with Crippen molar-refractivity contribution in [1.82, 2.24) is 4.90 Å². The average Bonchev–Trinajstić information content (AvgIpc) is 2.84. The molecule has 33 heavy (non-hydrogen) atoms. The molecule has 170 valence electrons. The number of methoxy groups -OCH3 is 1. The smallest absolute Gasteiger partial charge is 0.265 e. The van der Waals surface area contributed by atoms with E-state index in [0.29, 0.717) is 54.6 Å². The van der Waals surface area contributed by atoms with E-state index in [1.54, 1.807) is 29.2 Å². The highest BCUT2D eigenvalue weighted by molar-refractivity contribution is 6.32. The number of nitriles is 2. The minimum atomic E-state index is -0.866. The molecular formula is C24H22ClFN4O3. The van der Waals surface area contributed by atoms with Gasteiger partial charge in [-0.25, -0.2) is 4.39 Å². The normalized spacial score (nSPS) is 19.0. The lowest BCUT2D eigenvalue weighted by Gasteiger charge is -2.40. The molecule has 2 aromatic carbocycles. The highest BCUT2D eigenvalue weighted by Gasteiger charge is 2.40. The molecule has 1 fully saturated rings. The molecule has 9 heteroatoms. The van der Waals surface area contributed by atoms with E-state index in [1.807, 2.05) is 0 Å². The maximum absolute atomic E-state index is 13.2. The van der Waals surface area contributed by atoms with E-state index in [2.05, 4.69) is 12.3 Å². The Hall–Kier alpha value is -3.49. The highest BCUT2D eigenvalue weighted by Crippen LogP contribution is 2.41. The zero-order chi connectivity index (χ0) is 23.6. The fraction of sp³-hybridized carbons (Fsp3) is 0.375. The summed E-state index contributed by atoms with van der Waals surface area (Å²) in [6, 6.07) is 11.7. The Morgan fingerprint density at radius 2 is 1.97 bits per heavy atom. The molecule has 1 amide bonds. The van der Waals surface area contributed by atoms with Gasteiger partial charge >= 0.3 is 0 Å². The first-order valence-corrected chi connectivity index (χ1v) is 10.9. The fourth-order valence-electron chi connectivity index (χ4n) is 4.34. The van der Waals surface area contributed by atoms with E-state index in [-0.39, 0.29) is 18.3 Å². The van der Waals surface area contributed by atoms with Crippen molar-refractivity contribution in [2.45, 2.75) is 25.4 Å². The lowest BCUT2D eigenvalue weighted by molar-refractivity contribution is -0.140. The first-order chi connectivity index (χ1) is 15.9. The number of carbonyl (C=O) groups excluding carboxylic acids is 1. The van der Waals surface area contributed by atoms with Gasteiger partial charge < -0.3 is 14.4 Å². The summed E-state index contributed by atoms with van der Waals surface area (Å²) in [5.41, 5.74) is 0.758. The molecule has 2 aliphatic rings. The van der Waals surface area contributed by atoms with Gasteiger partial charge in [0.25, 0.3) is 5.91 Å². The molecule has 1 unspecified atom stereocenters. The average molecular weight is 469 g/mol. The van der Waals surface area contributed by atoms with Crippen LogP contribution in [0.5, 0.6) is 11.5 Å². The van der Waals surface area contributed by atoms with E-state index in [0.717, 1.165) is 5.56 Å². The molecule has 0 saturated carbocycles. The van der Waals surface area contributed by atoms with Gasteiger partial charge in [0.15, 0.2) is 12.3 Å². The lowest BCUT2D eigenvalue weighted by atomic mass is 9.75. The van der Waals surface area contributed by atoms with Crippen LogP contribution in [0.3, 0.4) is 0 Å².